The summed E-state index contributed by atoms with van der Waals surface area (Å²) in [6, 6.07) is 13.9. The van der Waals surface area contributed by atoms with Crippen LogP contribution in [0, 0.1) is 13.8 Å². The fraction of sp³-hybridized carbons (Fsp3) is 0.261. The molecule has 2 heterocycles. The molecule has 0 spiro atoms. The van der Waals surface area contributed by atoms with Gasteiger partial charge >= 0.3 is 0 Å². The highest BCUT2D eigenvalue weighted by molar-refractivity contribution is 7.12. The largest absolute Gasteiger partial charge is 0.440 e. The number of rotatable bonds is 5. The zero-order valence-corrected chi connectivity index (χ0v) is 17.2. The van der Waals surface area contributed by atoms with Gasteiger partial charge in [-0.15, -0.1) is 11.3 Å². The van der Waals surface area contributed by atoms with Gasteiger partial charge in [0.1, 0.15) is 5.52 Å². The second-order valence-electron chi connectivity index (χ2n) is 7.60. The average Bonchev–Trinajstić information content (AvgIpc) is 3.36. The number of carbonyl (C=O) groups is 1. The van der Waals surface area contributed by atoms with Gasteiger partial charge in [0.25, 0.3) is 0 Å². The van der Waals surface area contributed by atoms with Crippen molar-refractivity contribution in [3.05, 3.63) is 63.8 Å². The van der Waals surface area contributed by atoms with E-state index in [0.717, 1.165) is 56.7 Å². The van der Waals surface area contributed by atoms with Gasteiger partial charge in [-0.25, -0.2) is 9.97 Å². The third kappa shape index (κ3) is 3.80. The van der Waals surface area contributed by atoms with Gasteiger partial charge in [0.15, 0.2) is 11.5 Å². The molecule has 0 unspecified atom stereocenters. The molecule has 2 aromatic heterocycles. The van der Waals surface area contributed by atoms with Crippen molar-refractivity contribution in [2.45, 2.75) is 39.0 Å². The van der Waals surface area contributed by atoms with Crippen LogP contribution in [-0.4, -0.2) is 15.9 Å². The van der Waals surface area contributed by atoms with E-state index in [1.807, 2.05) is 25.1 Å². The Bertz CT molecular complexity index is 1200. The number of hydrogen-bond donors (Lipinski definition) is 1. The SMILES string of the molecule is Cc1ccc(-c2nc(C)sc2CC(=O)Nc2ccc3oc(C4CC4)nc3c2)cc1. The van der Waals surface area contributed by atoms with E-state index >= 15 is 0 Å². The van der Waals surface area contributed by atoms with Crippen molar-refractivity contribution in [3.63, 3.8) is 0 Å². The van der Waals surface area contributed by atoms with E-state index in [4.69, 9.17) is 4.42 Å². The van der Waals surface area contributed by atoms with Crippen molar-refractivity contribution < 1.29 is 9.21 Å². The molecule has 146 valence electrons. The maximum atomic E-state index is 12.7. The molecule has 4 aromatic rings. The number of aromatic nitrogens is 2. The Balaban J connectivity index is 1.34. The van der Waals surface area contributed by atoms with Gasteiger partial charge in [0.05, 0.1) is 17.1 Å². The number of thiazole rings is 1. The van der Waals surface area contributed by atoms with E-state index in [1.165, 1.54) is 5.56 Å². The smallest absolute Gasteiger partial charge is 0.229 e. The summed E-state index contributed by atoms with van der Waals surface area (Å²) in [6.45, 7) is 4.03. The fourth-order valence-corrected chi connectivity index (χ4v) is 4.36. The number of anilines is 1. The molecular formula is C23H21N3O2S. The summed E-state index contributed by atoms with van der Waals surface area (Å²) in [5.41, 5.74) is 5.43. The molecule has 5 rings (SSSR count). The minimum absolute atomic E-state index is 0.0627. The molecule has 6 heteroatoms. The van der Waals surface area contributed by atoms with Crippen LogP contribution in [0.5, 0.6) is 0 Å². The van der Waals surface area contributed by atoms with Gasteiger partial charge in [0, 0.05) is 22.0 Å². The van der Waals surface area contributed by atoms with Crippen LogP contribution in [0.3, 0.4) is 0 Å². The predicted octanol–water partition coefficient (Wildman–Crippen LogP) is 5.63. The van der Waals surface area contributed by atoms with Crippen molar-refractivity contribution in [2.75, 3.05) is 5.32 Å². The van der Waals surface area contributed by atoms with Gasteiger partial charge in [-0.3, -0.25) is 4.79 Å². The molecule has 0 radical (unpaired) electrons. The van der Waals surface area contributed by atoms with Crippen LogP contribution in [0.2, 0.25) is 0 Å². The van der Waals surface area contributed by atoms with E-state index in [-0.39, 0.29) is 5.91 Å². The first-order valence-electron chi connectivity index (χ1n) is 9.79. The molecule has 2 aromatic carbocycles. The van der Waals surface area contributed by atoms with Crippen LogP contribution >= 0.6 is 11.3 Å². The van der Waals surface area contributed by atoms with Gasteiger partial charge in [-0.05, 0) is 44.9 Å². The van der Waals surface area contributed by atoms with E-state index in [9.17, 15) is 4.79 Å². The summed E-state index contributed by atoms with van der Waals surface area (Å²) in [7, 11) is 0. The number of hydrogen-bond acceptors (Lipinski definition) is 5. The van der Waals surface area contributed by atoms with E-state index in [1.54, 1.807) is 11.3 Å². The second kappa shape index (κ2) is 7.12. The average molecular weight is 404 g/mol. The van der Waals surface area contributed by atoms with Crippen LogP contribution in [0.15, 0.2) is 46.9 Å². The van der Waals surface area contributed by atoms with Crippen LogP contribution in [0.1, 0.15) is 40.1 Å². The number of fused-ring (bicyclic) bond motifs is 1. The van der Waals surface area contributed by atoms with Crippen molar-refractivity contribution >= 4 is 34.0 Å². The fourth-order valence-electron chi connectivity index (χ4n) is 3.40. The van der Waals surface area contributed by atoms with E-state index in [0.29, 0.717) is 12.3 Å². The second-order valence-corrected chi connectivity index (χ2v) is 8.89. The minimum atomic E-state index is -0.0627. The predicted molar refractivity (Wildman–Crippen MR) is 115 cm³/mol. The summed E-state index contributed by atoms with van der Waals surface area (Å²) in [4.78, 5) is 22.9. The van der Waals surface area contributed by atoms with Gasteiger partial charge in [-0.2, -0.15) is 0 Å². The molecule has 5 nitrogen and oxygen atoms in total. The van der Waals surface area contributed by atoms with E-state index < -0.39 is 0 Å². The summed E-state index contributed by atoms with van der Waals surface area (Å²) in [5, 5.41) is 3.95. The highest BCUT2D eigenvalue weighted by atomic mass is 32.1. The van der Waals surface area contributed by atoms with Crippen molar-refractivity contribution in [2.24, 2.45) is 0 Å². The number of carbonyl (C=O) groups excluding carboxylic acids is 1. The lowest BCUT2D eigenvalue weighted by atomic mass is 10.1. The molecule has 1 N–H and O–H groups in total. The normalized spacial score (nSPS) is 13.7. The molecule has 29 heavy (non-hydrogen) atoms. The van der Waals surface area contributed by atoms with Crippen LogP contribution in [0.4, 0.5) is 5.69 Å². The van der Waals surface area contributed by atoms with Gasteiger partial charge in [0.2, 0.25) is 5.91 Å². The first-order chi connectivity index (χ1) is 14.0. The molecule has 1 amide bonds. The summed E-state index contributed by atoms with van der Waals surface area (Å²) in [5.74, 6) is 1.22. The Hall–Kier alpha value is -2.99. The Morgan fingerprint density at radius 2 is 1.93 bits per heavy atom. The van der Waals surface area contributed by atoms with Crippen LogP contribution < -0.4 is 5.32 Å². The Morgan fingerprint density at radius 3 is 2.69 bits per heavy atom. The summed E-state index contributed by atoms with van der Waals surface area (Å²) >= 11 is 1.57. The molecule has 1 saturated carbocycles. The minimum Gasteiger partial charge on any atom is -0.440 e. The number of aryl methyl sites for hydroxylation is 2. The van der Waals surface area contributed by atoms with E-state index in [2.05, 4.69) is 46.5 Å². The maximum absolute atomic E-state index is 12.7. The topological polar surface area (TPSA) is 68.0 Å². The number of amides is 1. The van der Waals surface area contributed by atoms with Crippen LogP contribution in [0.25, 0.3) is 22.4 Å². The standard InChI is InChI=1S/C23H21N3O2S/c1-13-3-5-15(6-4-13)22-20(29-14(2)24-22)12-21(27)25-17-9-10-19-18(11-17)26-23(28-19)16-7-8-16/h3-6,9-11,16H,7-8,12H2,1-2H3,(H,25,27). The highest BCUT2D eigenvalue weighted by Gasteiger charge is 2.28. The zero-order chi connectivity index (χ0) is 20.0. The molecule has 1 fully saturated rings. The molecule has 0 bridgehead atoms. The summed E-state index contributed by atoms with van der Waals surface area (Å²) in [6.07, 6.45) is 2.58. The molecule has 0 aliphatic heterocycles. The number of nitrogens with one attached hydrogen (secondary N) is 1. The Morgan fingerprint density at radius 1 is 1.14 bits per heavy atom. The van der Waals surface area contributed by atoms with Gasteiger partial charge < -0.3 is 9.73 Å². The molecule has 1 aliphatic rings. The number of benzene rings is 2. The third-order valence-corrected chi connectivity index (χ3v) is 6.04. The molecule has 0 atom stereocenters. The first-order valence-corrected chi connectivity index (χ1v) is 10.6. The zero-order valence-electron chi connectivity index (χ0n) is 16.4. The maximum Gasteiger partial charge on any atom is 0.229 e. The Kier molecular flexibility index (Phi) is 4.43. The monoisotopic (exact) mass is 403 g/mol. The lowest BCUT2D eigenvalue weighted by Gasteiger charge is -2.06. The van der Waals surface area contributed by atoms with Crippen molar-refractivity contribution in [1.82, 2.24) is 9.97 Å². The van der Waals surface area contributed by atoms with Crippen molar-refractivity contribution in [3.8, 4) is 11.3 Å². The number of nitrogens with zero attached hydrogens (tertiary/aromatic N) is 2. The molecule has 1 aliphatic carbocycles. The van der Waals surface area contributed by atoms with Gasteiger partial charge in [-0.1, -0.05) is 29.8 Å². The third-order valence-electron chi connectivity index (χ3n) is 5.06. The number of oxazole rings is 1. The lowest BCUT2D eigenvalue weighted by Crippen LogP contribution is -2.14. The quantitative estimate of drug-likeness (QED) is 0.469. The lowest BCUT2D eigenvalue weighted by molar-refractivity contribution is -0.115. The highest BCUT2D eigenvalue weighted by Crippen LogP contribution is 2.40. The molecular weight excluding hydrogens is 382 g/mol. The first kappa shape index (κ1) is 18.1. The van der Waals surface area contributed by atoms with Crippen LogP contribution in [-0.2, 0) is 11.2 Å². The Labute approximate surface area is 172 Å². The summed E-state index contributed by atoms with van der Waals surface area (Å²) < 4.78 is 5.79. The molecule has 0 saturated heterocycles. The van der Waals surface area contributed by atoms with Crippen molar-refractivity contribution in [1.29, 1.82) is 0 Å².